The van der Waals surface area contributed by atoms with Crippen LogP contribution < -0.4 is 0 Å². The average molecular weight is 282 g/mol. The van der Waals surface area contributed by atoms with Gasteiger partial charge in [0.15, 0.2) is 0 Å². The molecule has 0 fully saturated rings. The van der Waals surface area contributed by atoms with Crippen LogP contribution in [-0.4, -0.2) is 26.5 Å². The number of hydrogen-bond acceptors (Lipinski definition) is 4. The molecule has 0 saturated heterocycles. The van der Waals surface area contributed by atoms with Gasteiger partial charge >= 0.3 is 0 Å². The van der Waals surface area contributed by atoms with Crippen LogP contribution in [0, 0.1) is 17.0 Å². The van der Waals surface area contributed by atoms with E-state index in [0.29, 0.717) is 0 Å². The van der Waals surface area contributed by atoms with Crippen LogP contribution in [0.2, 0.25) is 0 Å². The molecule has 0 aliphatic rings. The van der Waals surface area contributed by atoms with Gasteiger partial charge in [-0.15, -0.1) is 5.10 Å². The fraction of sp³-hybridized carbons (Fsp3) is 0.200. The predicted octanol–water partition coefficient (Wildman–Crippen LogP) is 2.61. The first-order chi connectivity index (χ1) is 10.1. The van der Waals surface area contributed by atoms with Crippen molar-refractivity contribution in [3.63, 3.8) is 0 Å². The van der Waals surface area contributed by atoms with E-state index in [4.69, 9.17) is 0 Å². The van der Waals surface area contributed by atoms with Crippen LogP contribution in [0.15, 0.2) is 48.5 Å². The van der Waals surface area contributed by atoms with Gasteiger partial charge in [0.2, 0.25) is 6.54 Å². The van der Waals surface area contributed by atoms with Crippen LogP contribution in [0.1, 0.15) is 17.2 Å². The summed E-state index contributed by atoms with van der Waals surface area (Å²) >= 11 is 0. The summed E-state index contributed by atoms with van der Waals surface area (Å²) in [5, 5.41) is 19.2. The van der Waals surface area contributed by atoms with Gasteiger partial charge in [0.1, 0.15) is 11.6 Å². The van der Waals surface area contributed by atoms with Crippen LogP contribution in [0.4, 0.5) is 0 Å². The predicted molar refractivity (Wildman–Crippen MR) is 78.7 cm³/mol. The highest BCUT2D eigenvalue weighted by molar-refractivity contribution is 5.74. The van der Waals surface area contributed by atoms with Crippen LogP contribution in [0.5, 0.6) is 0 Å². The van der Waals surface area contributed by atoms with Crippen molar-refractivity contribution in [2.45, 2.75) is 13.0 Å². The van der Waals surface area contributed by atoms with Gasteiger partial charge in [-0.1, -0.05) is 47.2 Å². The SMILES string of the molecule is Cc1ccc([C@@H](C[N+](=O)[O-])n2nnc3ccccc32)cc1. The molecule has 1 heterocycles. The topological polar surface area (TPSA) is 73.8 Å². The molecule has 0 N–H and O–H groups in total. The molecule has 0 aliphatic carbocycles. The monoisotopic (exact) mass is 282 g/mol. The zero-order valence-corrected chi connectivity index (χ0v) is 11.5. The Kier molecular flexibility index (Phi) is 3.35. The third-order valence-electron chi connectivity index (χ3n) is 3.46. The van der Waals surface area contributed by atoms with E-state index in [-0.39, 0.29) is 11.5 Å². The van der Waals surface area contributed by atoms with E-state index in [1.165, 1.54) is 0 Å². The second kappa shape index (κ2) is 5.32. The van der Waals surface area contributed by atoms with Gasteiger partial charge in [0.25, 0.3) is 0 Å². The first-order valence-electron chi connectivity index (χ1n) is 6.63. The van der Waals surface area contributed by atoms with Gasteiger partial charge in [0.05, 0.1) is 5.52 Å². The number of para-hydroxylation sites is 1. The molecule has 3 aromatic rings. The number of aromatic nitrogens is 3. The number of rotatable bonds is 4. The van der Waals surface area contributed by atoms with Gasteiger partial charge < -0.3 is 0 Å². The molecule has 6 nitrogen and oxygen atoms in total. The van der Waals surface area contributed by atoms with Gasteiger partial charge in [-0.05, 0) is 24.6 Å². The molecule has 3 rings (SSSR count). The van der Waals surface area contributed by atoms with E-state index in [9.17, 15) is 10.1 Å². The molecule has 21 heavy (non-hydrogen) atoms. The molecule has 2 aromatic carbocycles. The first kappa shape index (κ1) is 13.2. The lowest BCUT2D eigenvalue weighted by Crippen LogP contribution is -2.21. The summed E-state index contributed by atoms with van der Waals surface area (Å²) in [5.74, 6) is 0. The second-order valence-electron chi connectivity index (χ2n) is 4.96. The lowest BCUT2D eigenvalue weighted by molar-refractivity contribution is -0.484. The molecule has 6 heteroatoms. The fourth-order valence-electron chi connectivity index (χ4n) is 2.37. The third-order valence-corrected chi connectivity index (χ3v) is 3.46. The maximum absolute atomic E-state index is 11.0. The van der Waals surface area contributed by atoms with Crippen LogP contribution >= 0.6 is 0 Å². The molecule has 0 amide bonds. The Balaban J connectivity index is 2.11. The standard InChI is InChI=1S/C15H14N4O2/c1-11-6-8-12(9-7-11)15(10-18(20)21)19-14-5-3-2-4-13(14)16-17-19/h2-9,15H,10H2,1H3/t15-/m1/s1. The molecule has 1 atom stereocenters. The van der Waals surface area contributed by atoms with Gasteiger partial charge in [-0.25, -0.2) is 4.68 Å². The van der Waals surface area contributed by atoms with E-state index >= 15 is 0 Å². The van der Waals surface area contributed by atoms with Gasteiger partial charge in [0, 0.05) is 4.92 Å². The van der Waals surface area contributed by atoms with Crippen molar-refractivity contribution >= 4 is 11.0 Å². The number of fused-ring (bicyclic) bond motifs is 1. The molecule has 0 saturated carbocycles. The average Bonchev–Trinajstić information content (AvgIpc) is 2.89. The Hall–Kier alpha value is -2.76. The number of hydrogen-bond donors (Lipinski definition) is 0. The normalized spacial score (nSPS) is 12.4. The minimum absolute atomic E-state index is 0.226. The summed E-state index contributed by atoms with van der Waals surface area (Å²) in [7, 11) is 0. The highest BCUT2D eigenvalue weighted by Gasteiger charge is 2.23. The molecule has 0 unspecified atom stereocenters. The van der Waals surface area contributed by atoms with E-state index in [0.717, 1.165) is 22.2 Å². The van der Waals surface area contributed by atoms with Crippen molar-refractivity contribution in [1.29, 1.82) is 0 Å². The van der Waals surface area contributed by atoms with Crippen molar-refractivity contribution in [3.8, 4) is 0 Å². The number of aryl methyl sites for hydroxylation is 1. The van der Waals surface area contributed by atoms with Crippen molar-refractivity contribution < 1.29 is 4.92 Å². The first-order valence-corrected chi connectivity index (χ1v) is 6.63. The van der Waals surface area contributed by atoms with E-state index < -0.39 is 6.04 Å². The Morgan fingerprint density at radius 1 is 1.19 bits per heavy atom. The zero-order chi connectivity index (χ0) is 14.8. The highest BCUT2D eigenvalue weighted by Crippen LogP contribution is 2.22. The van der Waals surface area contributed by atoms with Gasteiger partial charge in [-0.3, -0.25) is 10.1 Å². The summed E-state index contributed by atoms with van der Waals surface area (Å²) in [6.45, 7) is 1.76. The molecular formula is C15H14N4O2. The number of nitrogens with zero attached hydrogens (tertiary/aromatic N) is 4. The highest BCUT2D eigenvalue weighted by atomic mass is 16.6. The van der Waals surface area contributed by atoms with Crippen molar-refractivity contribution in [3.05, 3.63) is 69.8 Å². The van der Waals surface area contributed by atoms with E-state index in [2.05, 4.69) is 10.3 Å². The number of benzene rings is 2. The molecule has 0 aliphatic heterocycles. The fourth-order valence-corrected chi connectivity index (χ4v) is 2.37. The van der Waals surface area contributed by atoms with Crippen LogP contribution in [-0.2, 0) is 0 Å². The van der Waals surface area contributed by atoms with Crippen molar-refractivity contribution in [2.75, 3.05) is 6.54 Å². The molecule has 0 bridgehead atoms. The zero-order valence-electron chi connectivity index (χ0n) is 11.5. The molecular weight excluding hydrogens is 268 g/mol. The number of nitro groups is 1. The Morgan fingerprint density at radius 3 is 2.62 bits per heavy atom. The molecule has 0 radical (unpaired) electrons. The molecule has 0 spiro atoms. The quantitative estimate of drug-likeness (QED) is 0.544. The summed E-state index contributed by atoms with van der Waals surface area (Å²) in [4.78, 5) is 10.7. The maximum atomic E-state index is 11.0. The summed E-state index contributed by atoms with van der Waals surface area (Å²) < 4.78 is 1.63. The van der Waals surface area contributed by atoms with Crippen LogP contribution in [0.3, 0.4) is 0 Å². The summed E-state index contributed by atoms with van der Waals surface area (Å²) in [5.41, 5.74) is 3.50. The van der Waals surface area contributed by atoms with Crippen molar-refractivity contribution in [2.24, 2.45) is 0 Å². The molecule has 1 aromatic heterocycles. The van der Waals surface area contributed by atoms with Gasteiger partial charge in [-0.2, -0.15) is 0 Å². The second-order valence-corrected chi connectivity index (χ2v) is 4.96. The van der Waals surface area contributed by atoms with Crippen LogP contribution in [0.25, 0.3) is 11.0 Å². The Bertz CT molecular complexity index is 780. The summed E-state index contributed by atoms with van der Waals surface area (Å²) in [6.07, 6.45) is 0. The largest absolute Gasteiger partial charge is 0.264 e. The Morgan fingerprint density at radius 2 is 1.90 bits per heavy atom. The lowest BCUT2D eigenvalue weighted by atomic mass is 10.1. The lowest BCUT2D eigenvalue weighted by Gasteiger charge is -2.14. The van der Waals surface area contributed by atoms with Crippen molar-refractivity contribution in [1.82, 2.24) is 15.0 Å². The van der Waals surface area contributed by atoms with E-state index in [1.54, 1.807) is 4.68 Å². The third kappa shape index (κ3) is 2.60. The smallest absolute Gasteiger partial charge is 0.230 e. The minimum Gasteiger partial charge on any atom is -0.264 e. The van der Waals surface area contributed by atoms with E-state index in [1.807, 2.05) is 55.5 Å². The molecule has 106 valence electrons. The maximum Gasteiger partial charge on any atom is 0.230 e. The minimum atomic E-state index is -0.465. The Labute approximate surface area is 121 Å². The summed E-state index contributed by atoms with van der Waals surface area (Å²) in [6, 6.07) is 14.7.